The highest BCUT2D eigenvalue weighted by Crippen LogP contribution is 2.33. The van der Waals surface area contributed by atoms with Gasteiger partial charge in [-0.1, -0.05) is 29.8 Å². The molecule has 0 amide bonds. The molecule has 0 radical (unpaired) electrons. The average Bonchev–Trinajstić information content (AvgIpc) is 2.37. The quantitative estimate of drug-likeness (QED) is 0.886. The van der Waals surface area contributed by atoms with Crippen LogP contribution in [0.1, 0.15) is 35.2 Å². The molecule has 0 aromatic heterocycles. The van der Waals surface area contributed by atoms with Crippen molar-refractivity contribution in [2.24, 2.45) is 0 Å². The zero-order valence-corrected chi connectivity index (χ0v) is 12.9. The van der Waals surface area contributed by atoms with E-state index >= 15 is 0 Å². The van der Waals surface area contributed by atoms with Gasteiger partial charge in [0, 0.05) is 18.3 Å². The minimum atomic E-state index is 0.122. The van der Waals surface area contributed by atoms with Crippen LogP contribution in [0.4, 0.5) is 5.69 Å². The van der Waals surface area contributed by atoms with E-state index in [0.717, 1.165) is 11.1 Å². The van der Waals surface area contributed by atoms with E-state index in [4.69, 9.17) is 0 Å². The van der Waals surface area contributed by atoms with Gasteiger partial charge in [0.15, 0.2) is 0 Å². The molecule has 0 fully saturated rings. The summed E-state index contributed by atoms with van der Waals surface area (Å²) in [5.41, 5.74) is 5.75. The third kappa shape index (κ3) is 2.79. The van der Waals surface area contributed by atoms with Gasteiger partial charge in [-0.3, -0.25) is 0 Å². The van der Waals surface area contributed by atoms with Gasteiger partial charge in [-0.2, -0.15) is 0 Å². The van der Waals surface area contributed by atoms with Crippen molar-refractivity contribution in [3.63, 3.8) is 0 Å². The van der Waals surface area contributed by atoms with Gasteiger partial charge in [0.1, 0.15) is 5.75 Å². The summed E-state index contributed by atoms with van der Waals surface area (Å²) in [4.78, 5) is 2.21. The SMILES string of the molecule is Cc1ccc(N(C)C(C)c2ccc(C)cc2O)c(C)c1. The van der Waals surface area contributed by atoms with Crippen molar-refractivity contribution in [2.75, 3.05) is 11.9 Å². The van der Waals surface area contributed by atoms with Crippen LogP contribution in [0.15, 0.2) is 36.4 Å². The average molecular weight is 269 g/mol. The summed E-state index contributed by atoms with van der Waals surface area (Å²) >= 11 is 0. The highest BCUT2D eigenvalue weighted by molar-refractivity contribution is 5.56. The highest BCUT2D eigenvalue weighted by atomic mass is 16.3. The van der Waals surface area contributed by atoms with Crippen molar-refractivity contribution in [2.45, 2.75) is 33.7 Å². The van der Waals surface area contributed by atoms with E-state index in [9.17, 15) is 5.11 Å². The Morgan fingerprint density at radius 3 is 2.15 bits per heavy atom. The van der Waals surface area contributed by atoms with E-state index in [-0.39, 0.29) is 6.04 Å². The Hall–Kier alpha value is -1.96. The summed E-state index contributed by atoms with van der Waals surface area (Å²) < 4.78 is 0. The van der Waals surface area contributed by atoms with Crippen LogP contribution >= 0.6 is 0 Å². The van der Waals surface area contributed by atoms with E-state index in [1.54, 1.807) is 0 Å². The molecule has 1 N–H and O–H groups in total. The van der Waals surface area contributed by atoms with Gasteiger partial charge in [0.25, 0.3) is 0 Å². The third-order valence-electron chi connectivity index (χ3n) is 3.95. The normalized spacial score (nSPS) is 12.2. The highest BCUT2D eigenvalue weighted by Gasteiger charge is 2.17. The molecule has 0 bridgehead atoms. The van der Waals surface area contributed by atoms with Crippen molar-refractivity contribution in [3.8, 4) is 5.75 Å². The minimum Gasteiger partial charge on any atom is -0.508 e. The minimum absolute atomic E-state index is 0.122. The molecule has 20 heavy (non-hydrogen) atoms. The maximum absolute atomic E-state index is 10.1. The van der Waals surface area contributed by atoms with Crippen molar-refractivity contribution in [3.05, 3.63) is 58.7 Å². The number of rotatable bonds is 3. The van der Waals surface area contributed by atoms with Crippen molar-refractivity contribution < 1.29 is 5.11 Å². The molecule has 0 saturated heterocycles. The Bertz CT molecular complexity index is 563. The first kappa shape index (κ1) is 14.4. The molecule has 2 rings (SSSR count). The summed E-state index contributed by atoms with van der Waals surface area (Å²) in [7, 11) is 2.07. The van der Waals surface area contributed by atoms with Crippen LogP contribution in [-0.2, 0) is 0 Å². The van der Waals surface area contributed by atoms with Gasteiger partial charge < -0.3 is 10.0 Å². The van der Waals surface area contributed by atoms with Crippen LogP contribution in [0.3, 0.4) is 0 Å². The van der Waals surface area contributed by atoms with Crippen LogP contribution < -0.4 is 4.90 Å². The second-order valence-corrected chi connectivity index (χ2v) is 5.64. The predicted molar refractivity (Wildman–Crippen MR) is 85.6 cm³/mol. The molecule has 2 heteroatoms. The van der Waals surface area contributed by atoms with Crippen molar-refractivity contribution in [1.82, 2.24) is 0 Å². The van der Waals surface area contributed by atoms with E-state index in [2.05, 4.69) is 50.9 Å². The first-order chi connectivity index (χ1) is 9.40. The second-order valence-electron chi connectivity index (χ2n) is 5.64. The molecule has 0 aliphatic heterocycles. The summed E-state index contributed by atoms with van der Waals surface area (Å²) in [5.74, 6) is 0.370. The molecule has 0 heterocycles. The number of aromatic hydroxyl groups is 1. The van der Waals surface area contributed by atoms with Crippen LogP contribution in [-0.4, -0.2) is 12.2 Å². The number of hydrogen-bond donors (Lipinski definition) is 1. The van der Waals surface area contributed by atoms with Gasteiger partial charge >= 0.3 is 0 Å². The Morgan fingerprint density at radius 1 is 0.950 bits per heavy atom. The molecule has 0 aliphatic carbocycles. The first-order valence-corrected chi connectivity index (χ1v) is 6.99. The molecule has 2 aromatic rings. The van der Waals surface area contributed by atoms with Crippen molar-refractivity contribution >= 4 is 5.69 Å². The monoisotopic (exact) mass is 269 g/mol. The fourth-order valence-corrected chi connectivity index (χ4v) is 2.63. The Morgan fingerprint density at radius 2 is 1.55 bits per heavy atom. The molecule has 2 aromatic carbocycles. The number of benzene rings is 2. The van der Waals surface area contributed by atoms with Gasteiger partial charge in [0.05, 0.1) is 6.04 Å². The van der Waals surface area contributed by atoms with Gasteiger partial charge in [-0.25, -0.2) is 0 Å². The topological polar surface area (TPSA) is 23.5 Å². The first-order valence-electron chi connectivity index (χ1n) is 6.99. The standard InChI is InChI=1S/C18H23NO/c1-12-7-9-17(14(3)10-12)19(5)15(4)16-8-6-13(2)11-18(16)20/h6-11,15,20H,1-5H3. The largest absolute Gasteiger partial charge is 0.508 e. The molecule has 106 valence electrons. The molecule has 0 aliphatic rings. The van der Waals surface area contributed by atoms with E-state index < -0.39 is 0 Å². The number of phenolic OH excluding ortho intramolecular Hbond substituents is 1. The van der Waals surface area contributed by atoms with Crippen LogP contribution in [0.2, 0.25) is 0 Å². The fourth-order valence-electron chi connectivity index (χ4n) is 2.63. The second kappa shape index (κ2) is 5.58. The number of aryl methyl sites for hydroxylation is 3. The Kier molecular flexibility index (Phi) is 4.03. The molecule has 0 spiro atoms. The Balaban J connectivity index is 2.34. The molecule has 2 nitrogen and oxygen atoms in total. The van der Waals surface area contributed by atoms with Gasteiger partial charge in [-0.15, -0.1) is 0 Å². The summed E-state index contributed by atoms with van der Waals surface area (Å²) in [6.45, 7) is 8.33. The number of phenols is 1. The number of hydrogen-bond acceptors (Lipinski definition) is 2. The molecule has 0 saturated carbocycles. The molecular weight excluding hydrogens is 246 g/mol. The Labute approximate surface area is 121 Å². The van der Waals surface area contributed by atoms with Gasteiger partial charge in [0.2, 0.25) is 0 Å². The third-order valence-corrected chi connectivity index (χ3v) is 3.95. The fraction of sp³-hybridized carbons (Fsp3) is 0.333. The van der Waals surface area contributed by atoms with E-state index in [0.29, 0.717) is 5.75 Å². The zero-order valence-electron chi connectivity index (χ0n) is 12.9. The predicted octanol–water partition coefficient (Wildman–Crippen LogP) is 4.51. The van der Waals surface area contributed by atoms with Crippen LogP contribution in [0.5, 0.6) is 5.75 Å². The lowest BCUT2D eigenvalue weighted by Crippen LogP contribution is -2.22. The summed E-state index contributed by atoms with van der Waals surface area (Å²) in [6, 6.07) is 12.5. The maximum Gasteiger partial charge on any atom is 0.121 e. The van der Waals surface area contributed by atoms with E-state index in [1.165, 1.54) is 16.8 Å². The molecular formula is C18H23NO. The maximum atomic E-state index is 10.1. The molecule has 1 atom stereocenters. The number of nitrogens with zero attached hydrogens (tertiary/aromatic N) is 1. The number of anilines is 1. The zero-order chi connectivity index (χ0) is 14.9. The lowest BCUT2D eigenvalue weighted by molar-refractivity contribution is 0.462. The lowest BCUT2D eigenvalue weighted by atomic mass is 10.0. The summed E-state index contributed by atoms with van der Waals surface area (Å²) in [6.07, 6.45) is 0. The molecule has 1 unspecified atom stereocenters. The lowest BCUT2D eigenvalue weighted by Gasteiger charge is -2.29. The smallest absolute Gasteiger partial charge is 0.121 e. The van der Waals surface area contributed by atoms with Crippen LogP contribution in [0, 0.1) is 20.8 Å². The van der Waals surface area contributed by atoms with Gasteiger partial charge in [-0.05, 0) is 51.0 Å². The van der Waals surface area contributed by atoms with E-state index in [1.807, 2.05) is 25.1 Å². The summed E-state index contributed by atoms with van der Waals surface area (Å²) in [5, 5.41) is 10.1. The van der Waals surface area contributed by atoms with Crippen molar-refractivity contribution in [1.29, 1.82) is 0 Å². The van der Waals surface area contributed by atoms with Crippen LogP contribution in [0.25, 0.3) is 0 Å².